The standard InChI is InChI=1S/C15H12ClFO3/c1-19-15(18)10-4-2-5-11(8-10)20-9-12-13(16)6-3-7-14(12)17/h2-8H,9H2,1H3. The zero-order valence-corrected chi connectivity index (χ0v) is 11.5. The molecule has 2 aromatic rings. The van der Waals surface area contributed by atoms with Crippen LogP contribution in [0, 0.1) is 5.82 Å². The van der Waals surface area contributed by atoms with Crippen molar-refractivity contribution in [2.75, 3.05) is 7.11 Å². The van der Waals surface area contributed by atoms with Crippen LogP contribution in [-0.2, 0) is 11.3 Å². The van der Waals surface area contributed by atoms with Gasteiger partial charge in [0.2, 0.25) is 0 Å². The van der Waals surface area contributed by atoms with Gasteiger partial charge in [-0.15, -0.1) is 0 Å². The Bertz CT molecular complexity index is 608. The van der Waals surface area contributed by atoms with Crippen LogP contribution in [0.3, 0.4) is 0 Å². The molecule has 0 saturated carbocycles. The number of carbonyl (C=O) groups is 1. The lowest BCUT2D eigenvalue weighted by molar-refractivity contribution is 0.0600. The Morgan fingerprint density at radius 1 is 1.25 bits per heavy atom. The largest absolute Gasteiger partial charge is 0.489 e. The van der Waals surface area contributed by atoms with Gasteiger partial charge < -0.3 is 9.47 Å². The summed E-state index contributed by atoms with van der Waals surface area (Å²) in [4.78, 5) is 11.4. The number of halogens is 2. The number of rotatable bonds is 4. The van der Waals surface area contributed by atoms with E-state index in [1.54, 1.807) is 24.3 Å². The summed E-state index contributed by atoms with van der Waals surface area (Å²) in [5, 5.41) is 0.300. The van der Waals surface area contributed by atoms with Gasteiger partial charge in [0.05, 0.1) is 17.7 Å². The minimum absolute atomic E-state index is 0.0177. The first-order valence-electron chi connectivity index (χ1n) is 5.86. The van der Waals surface area contributed by atoms with Crippen LogP contribution in [0.4, 0.5) is 4.39 Å². The van der Waals surface area contributed by atoms with Crippen LogP contribution in [-0.4, -0.2) is 13.1 Å². The minimum atomic E-state index is -0.459. The van der Waals surface area contributed by atoms with Gasteiger partial charge in [-0.25, -0.2) is 9.18 Å². The summed E-state index contributed by atoms with van der Waals surface area (Å²) in [6, 6.07) is 10.9. The van der Waals surface area contributed by atoms with Gasteiger partial charge >= 0.3 is 5.97 Å². The highest BCUT2D eigenvalue weighted by Gasteiger charge is 2.09. The van der Waals surface area contributed by atoms with Gasteiger partial charge in [-0.2, -0.15) is 0 Å². The molecule has 3 nitrogen and oxygen atoms in total. The molecule has 0 aliphatic rings. The van der Waals surface area contributed by atoms with E-state index in [-0.39, 0.29) is 12.2 Å². The predicted molar refractivity (Wildman–Crippen MR) is 73.5 cm³/mol. The lowest BCUT2D eigenvalue weighted by atomic mass is 10.2. The van der Waals surface area contributed by atoms with E-state index in [9.17, 15) is 9.18 Å². The summed E-state index contributed by atoms with van der Waals surface area (Å²) in [5.74, 6) is -0.451. The molecule has 0 atom stereocenters. The number of carbonyl (C=O) groups excluding carboxylic acids is 1. The van der Waals surface area contributed by atoms with Crippen molar-refractivity contribution >= 4 is 17.6 Å². The highest BCUT2D eigenvalue weighted by Crippen LogP contribution is 2.22. The molecule has 0 fully saturated rings. The van der Waals surface area contributed by atoms with E-state index in [0.29, 0.717) is 16.3 Å². The number of ether oxygens (including phenoxy) is 2. The van der Waals surface area contributed by atoms with Crippen molar-refractivity contribution in [3.05, 3.63) is 64.4 Å². The van der Waals surface area contributed by atoms with Crippen molar-refractivity contribution in [3.8, 4) is 5.75 Å². The van der Waals surface area contributed by atoms with Gasteiger partial charge in [-0.1, -0.05) is 23.7 Å². The zero-order valence-electron chi connectivity index (χ0n) is 10.7. The van der Waals surface area contributed by atoms with E-state index in [0.717, 1.165) is 0 Å². The molecule has 0 spiro atoms. The van der Waals surface area contributed by atoms with Crippen LogP contribution >= 0.6 is 11.6 Å². The topological polar surface area (TPSA) is 35.5 Å². The van der Waals surface area contributed by atoms with Crippen molar-refractivity contribution in [2.45, 2.75) is 6.61 Å². The van der Waals surface area contributed by atoms with E-state index in [4.69, 9.17) is 16.3 Å². The number of benzene rings is 2. The summed E-state index contributed by atoms with van der Waals surface area (Å²) in [6.07, 6.45) is 0. The number of methoxy groups -OCH3 is 1. The lowest BCUT2D eigenvalue weighted by Gasteiger charge is -2.09. The third-order valence-electron chi connectivity index (χ3n) is 2.70. The first-order chi connectivity index (χ1) is 9.61. The summed E-state index contributed by atoms with van der Waals surface area (Å²) in [6.45, 7) is -0.0177. The Balaban J connectivity index is 2.13. The third-order valence-corrected chi connectivity index (χ3v) is 3.05. The Kier molecular flexibility index (Phi) is 4.58. The molecule has 104 valence electrons. The molecular formula is C15H12ClFO3. The van der Waals surface area contributed by atoms with Crippen molar-refractivity contribution in [1.82, 2.24) is 0 Å². The molecule has 20 heavy (non-hydrogen) atoms. The Labute approximate surface area is 120 Å². The van der Waals surface area contributed by atoms with Gasteiger partial charge in [-0.05, 0) is 30.3 Å². The normalized spacial score (nSPS) is 10.2. The third kappa shape index (κ3) is 3.27. The summed E-state index contributed by atoms with van der Waals surface area (Å²) < 4.78 is 23.7. The maximum Gasteiger partial charge on any atom is 0.337 e. The van der Waals surface area contributed by atoms with Crippen molar-refractivity contribution in [1.29, 1.82) is 0 Å². The molecule has 2 aromatic carbocycles. The maximum atomic E-state index is 13.6. The number of hydrogen-bond donors (Lipinski definition) is 0. The first-order valence-corrected chi connectivity index (χ1v) is 6.23. The summed E-state index contributed by atoms with van der Waals surface area (Å²) in [5.41, 5.74) is 0.641. The fraction of sp³-hybridized carbons (Fsp3) is 0.133. The van der Waals surface area contributed by atoms with Gasteiger partial charge in [0.25, 0.3) is 0 Å². The monoisotopic (exact) mass is 294 g/mol. The highest BCUT2D eigenvalue weighted by atomic mass is 35.5. The second-order valence-electron chi connectivity index (χ2n) is 4.01. The SMILES string of the molecule is COC(=O)c1cccc(OCc2c(F)cccc2Cl)c1. The molecule has 0 aromatic heterocycles. The molecule has 0 radical (unpaired) electrons. The van der Waals surface area contributed by atoms with Crippen LogP contribution in [0.25, 0.3) is 0 Å². The average Bonchev–Trinajstić information content (AvgIpc) is 2.46. The zero-order chi connectivity index (χ0) is 14.5. The van der Waals surface area contributed by atoms with Gasteiger partial charge in [0.15, 0.2) is 0 Å². The molecule has 2 rings (SSSR count). The molecule has 0 N–H and O–H groups in total. The van der Waals surface area contributed by atoms with Crippen LogP contribution in [0.2, 0.25) is 5.02 Å². The summed E-state index contributed by atoms with van der Waals surface area (Å²) in [7, 11) is 1.30. The predicted octanol–water partition coefficient (Wildman–Crippen LogP) is 3.84. The molecule has 0 unspecified atom stereocenters. The van der Waals surface area contributed by atoms with Crippen molar-refractivity contribution in [3.63, 3.8) is 0 Å². The second kappa shape index (κ2) is 6.39. The van der Waals surface area contributed by atoms with Gasteiger partial charge in [0, 0.05) is 5.56 Å². The molecule has 0 aliphatic heterocycles. The van der Waals surface area contributed by atoms with E-state index in [1.165, 1.54) is 25.3 Å². The van der Waals surface area contributed by atoms with Crippen LogP contribution < -0.4 is 4.74 Å². The number of hydrogen-bond acceptors (Lipinski definition) is 3. The molecule has 0 amide bonds. The quantitative estimate of drug-likeness (QED) is 0.804. The number of esters is 1. The lowest BCUT2D eigenvalue weighted by Crippen LogP contribution is -2.03. The van der Waals surface area contributed by atoms with Crippen molar-refractivity contribution in [2.24, 2.45) is 0 Å². The van der Waals surface area contributed by atoms with Crippen LogP contribution in [0.1, 0.15) is 15.9 Å². The fourth-order valence-corrected chi connectivity index (χ4v) is 1.87. The second-order valence-corrected chi connectivity index (χ2v) is 4.42. The Hall–Kier alpha value is -2.07. The molecule has 5 heteroatoms. The molecule has 0 aliphatic carbocycles. The van der Waals surface area contributed by atoms with E-state index in [1.807, 2.05) is 0 Å². The molecule has 0 bridgehead atoms. The Morgan fingerprint density at radius 3 is 2.70 bits per heavy atom. The first kappa shape index (κ1) is 14.3. The molecular weight excluding hydrogens is 283 g/mol. The van der Waals surface area contributed by atoms with Gasteiger partial charge in [-0.3, -0.25) is 0 Å². The van der Waals surface area contributed by atoms with E-state index < -0.39 is 11.8 Å². The highest BCUT2D eigenvalue weighted by molar-refractivity contribution is 6.31. The van der Waals surface area contributed by atoms with E-state index >= 15 is 0 Å². The smallest absolute Gasteiger partial charge is 0.337 e. The summed E-state index contributed by atoms with van der Waals surface area (Å²) >= 11 is 5.91. The maximum absolute atomic E-state index is 13.6. The average molecular weight is 295 g/mol. The minimum Gasteiger partial charge on any atom is -0.489 e. The fourth-order valence-electron chi connectivity index (χ4n) is 1.66. The van der Waals surface area contributed by atoms with E-state index in [2.05, 4.69) is 4.74 Å². The molecule has 0 heterocycles. The van der Waals surface area contributed by atoms with Crippen LogP contribution in [0.15, 0.2) is 42.5 Å². The van der Waals surface area contributed by atoms with Crippen molar-refractivity contribution < 1.29 is 18.7 Å². The Morgan fingerprint density at radius 2 is 2.00 bits per heavy atom. The van der Waals surface area contributed by atoms with Crippen LogP contribution in [0.5, 0.6) is 5.75 Å². The molecule has 0 saturated heterocycles. The van der Waals surface area contributed by atoms with Gasteiger partial charge in [0.1, 0.15) is 18.2 Å².